The molecule has 0 bridgehead atoms. The molecule has 0 amide bonds. The summed E-state index contributed by atoms with van der Waals surface area (Å²) in [6.45, 7) is 0.266. The van der Waals surface area contributed by atoms with Gasteiger partial charge >= 0.3 is 35.5 Å². The van der Waals surface area contributed by atoms with Crippen molar-refractivity contribution in [2.45, 2.75) is 6.54 Å². The fourth-order valence-electron chi connectivity index (χ4n) is 0.907. The molecule has 0 unspecified atom stereocenters. The Morgan fingerprint density at radius 3 is 2.50 bits per heavy atom. The van der Waals surface area contributed by atoms with Gasteiger partial charge in [-0.15, -0.1) is 0 Å². The summed E-state index contributed by atoms with van der Waals surface area (Å²) in [6.07, 6.45) is 0. The van der Waals surface area contributed by atoms with Crippen LogP contribution >= 0.6 is 0 Å². The van der Waals surface area contributed by atoms with Gasteiger partial charge in [-0.05, 0) is 11.6 Å². The molecule has 0 aliphatic carbocycles. The number of hydrogen-bond acceptors (Lipinski definition) is 2. The standard InChI is InChI=1S/C8H9NO2.Na.H/c9-5-6-3-1-2-4-7(6)8(10)11;;/h1-4H,5,9H2,(H,10,11);;/q;+1;-1. The first kappa shape index (κ1) is 11.6. The third-order valence-corrected chi connectivity index (χ3v) is 1.47. The molecule has 0 atom stereocenters. The van der Waals surface area contributed by atoms with E-state index in [1.54, 1.807) is 24.3 Å². The molecule has 0 aliphatic heterocycles. The monoisotopic (exact) mass is 175 g/mol. The van der Waals surface area contributed by atoms with Gasteiger partial charge in [0.15, 0.2) is 0 Å². The predicted octanol–water partition coefficient (Wildman–Crippen LogP) is -2.04. The molecule has 0 fully saturated rings. The number of carboxylic acids is 1. The van der Waals surface area contributed by atoms with E-state index < -0.39 is 5.97 Å². The molecule has 0 spiro atoms. The molecule has 3 nitrogen and oxygen atoms in total. The van der Waals surface area contributed by atoms with Crippen LogP contribution in [0.5, 0.6) is 0 Å². The second-order valence-corrected chi connectivity index (χ2v) is 2.17. The molecule has 0 aliphatic rings. The molecule has 0 aromatic heterocycles. The Labute approximate surface area is 94.4 Å². The van der Waals surface area contributed by atoms with Crippen molar-refractivity contribution in [1.29, 1.82) is 0 Å². The normalized spacial score (nSPS) is 8.75. The molecule has 0 heterocycles. The van der Waals surface area contributed by atoms with E-state index >= 15 is 0 Å². The van der Waals surface area contributed by atoms with Gasteiger partial charge in [-0.25, -0.2) is 4.79 Å². The van der Waals surface area contributed by atoms with Crippen molar-refractivity contribution < 1.29 is 40.9 Å². The molecule has 0 saturated carbocycles. The van der Waals surface area contributed by atoms with Crippen LogP contribution in [0.2, 0.25) is 0 Å². The van der Waals surface area contributed by atoms with Crippen molar-refractivity contribution in [3.05, 3.63) is 35.4 Å². The zero-order valence-corrected chi connectivity index (χ0v) is 8.95. The number of carbonyl (C=O) groups is 1. The molecule has 1 rings (SSSR count). The van der Waals surface area contributed by atoms with Gasteiger partial charge in [0.2, 0.25) is 0 Å². The van der Waals surface area contributed by atoms with Crippen LogP contribution in [0.3, 0.4) is 0 Å². The smallest absolute Gasteiger partial charge is 1.00 e. The average molecular weight is 175 g/mol. The zero-order chi connectivity index (χ0) is 8.27. The topological polar surface area (TPSA) is 63.3 Å². The fourth-order valence-corrected chi connectivity index (χ4v) is 0.907. The minimum Gasteiger partial charge on any atom is -1.00 e. The summed E-state index contributed by atoms with van der Waals surface area (Å²) in [4.78, 5) is 10.5. The maximum atomic E-state index is 10.5. The van der Waals surface area contributed by atoms with Gasteiger partial charge in [0, 0.05) is 6.54 Å². The number of nitrogens with two attached hydrogens (primary N) is 1. The molecule has 1 aromatic carbocycles. The third kappa shape index (κ3) is 2.60. The van der Waals surface area contributed by atoms with Gasteiger partial charge in [-0.1, -0.05) is 18.2 Å². The Kier molecular flexibility index (Phi) is 5.17. The van der Waals surface area contributed by atoms with Gasteiger partial charge in [0.25, 0.3) is 0 Å². The summed E-state index contributed by atoms with van der Waals surface area (Å²) >= 11 is 0. The minimum atomic E-state index is -0.925. The second kappa shape index (κ2) is 5.32. The number of benzene rings is 1. The van der Waals surface area contributed by atoms with Crippen LogP contribution in [-0.2, 0) is 6.54 Å². The van der Waals surface area contributed by atoms with Crippen LogP contribution in [0.15, 0.2) is 24.3 Å². The molecule has 60 valence electrons. The SMILES string of the molecule is NCc1ccccc1C(=O)O.[H-].[Na+]. The van der Waals surface area contributed by atoms with Crippen LogP contribution in [0, 0.1) is 0 Å². The Morgan fingerprint density at radius 1 is 1.50 bits per heavy atom. The van der Waals surface area contributed by atoms with Crippen molar-refractivity contribution in [1.82, 2.24) is 0 Å². The number of rotatable bonds is 2. The Hall–Kier alpha value is -0.350. The fraction of sp³-hybridized carbons (Fsp3) is 0.125. The summed E-state index contributed by atoms with van der Waals surface area (Å²) in [5, 5.41) is 8.64. The van der Waals surface area contributed by atoms with Crippen LogP contribution in [0.1, 0.15) is 17.3 Å². The van der Waals surface area contributed by atoms with Gasteiger partial charge in [-0.2, -0.15) is 0 Å². The number of aromatic carboxylic acids is 1. The van der Waals surface area contributed by atoms with Crippen LogP contribution < -0.4 is 35.3 Å². The van der Waals surface area contributed by atoms with Gasteiger partial charge < -0.3 is 12.3 Å². The number of hydrogen-bond donors (Lipinski definition) is 2. The summed E-state index contributed by atoms with van der Waals surface area (Å²) in [5.74, 6) is -0.925. The van der Waals surface area contributed by atoms with E-state index in [-0.39, 0.29) is 43.1 Å². The van der Waals surface area contributed by atoms with Gasteiger partial charge in [-0.3, -0.25) is 0 Å². The van der Waals surface area contributed by atoms with E-state index in [1.807, 2.05) is 0 Å². The molecule has 1 aromatic rings. The third-order valence-electron chi connectivity index (χ3n) is 1.47. The van der Waals surface area contributed by atoms with Crippen LogP contribution in [-0.4, -0.2) is 11.1 Å². The maximum absolute atomic E-state index is 10.5. The van der Waals surface area contributed by atoms with E-state index in [9.17, 15) is 4.79 Å². The van der Waals surface area contributed by atoms with Crippen molar-refractivity contribution in [3.63, 3.8) is 0 Å². The summed E-state index contributed by atoms with van der Waals surface area (Å²) in [7, 11) is 0. The summed E-state index contributed by atoms with van der Waals surface area (Å²) in [6, 6.07) is 6.71. The van der Waals surface area contributed by atoms with E-state index in [0.717, 1.165) is 0 Å². The maximum Gasteiger partial charge on any atom is 1.00 e. The van der Waals surface area contributed by atoms with Crippen molar-refractivity contribution in [2.24, 2.45) is 5.73 Å². The first-order chi connectivity index (χ1) is 5.25. The van der Waals surface area contributed by atoms with Crippen LogP contribution in [0.4, 0.5) is 0 Å². The Bertz CT molecular complexity index is 281. The molecule has 0 saturated heterocycles. The van der Waals surface area contributed by atoms with Crippen molar-refractivity contribution in [2.75, 3.05) is 0 Å². The second-order valence-electron chi connectivity index (χ2n) is 2.17. The van der Waals surface area contributed by atoms with Crippen LogP contribution in [0.25, 0.3) is 0 Å². The first-order valence-corrected chi connectivity index (χ1v) is 3.27. The summed E-state index contributed by atoms with van der Waals surface area (Å²) in [5.41, 5.74) is 6.28. The molecular formula is C8H10NNaO2. The molecule has 0 radical (unpaired) electrons. The Morgan fingerprint density at radius 2 is 2.08 bits per heavy atom. The average Bonchev–Trinajstić information content (AvgIpc) is 2.04. The quantitative estimate of drug-likeness (QED) is 0.509. The van der Waals surface area contributed by atoms with Gasteiger partial charge in [0.1, 0.15) is 0 Å². The number of carboxylic acid groups (broad SMARTS) is 1. The largest absolute Gasteiger partial charge is 1.00 e. The van der Waals surface area contributed by atoms with E-state index in [0.29, 0.717) is 5.56 Å². The summed E-state index contributed by atoms with van der Waals surface area (Å²) < 4.78 is 0. The molecule has 4 heteroatoms. The van der Waals surface area contributed by atoms with Crippen molar-refractivity contribution in [3.8, 4) is 0 Å². The molecule has 3 N–H and O–H groups in total. The van der Waals surface area contributed by atoms with E-state index in [2.05, 4.69) is 0 Å². The molecular weight excluding hydrogens is 165 g/mol. The molecule has 12 heavy (non-hydrogen) atoms. The first-order valence-electron chi connectivity index (χ1n) is 3.27. The predicted molar refractivity (Wildman–Crippen MR) is 42.4 cm³/mol. The van der Waals surface area contributed by atoms with E-state index in [4.69, 9.17) is 10.8 Å². The van der Waals surface area contributed by atoms with Crippen molar-refractivity contribution >= 4 is 5.97 Å². The zero-order valence-electron chi connectivity index (χ0n) is 7.95. The minimum absolute atomic E-state index is 0. The van der Waals surface area contributed by atoms with E-state index in [1.165, 1.54) is 0 Å². The Balaban J connectivity index is 0. The van der Waals surface area contributed by atoms with Gasteiger partial charge in [0.05, 0.1) is 5.56 Å².